The van der Waals surface area contributed by atoms with Crippen molar-refractivity contribution in [2.45, 2.75) is 0 Å². The molecule has 5 heteroatoms. The van der Waals surface area contributed by atoms with Crippen molar-refractivity contribution in [3.8, 4) is 0 Å². The minimum atomic E-state index is 0.462. The van der Waals surface area contributed by atoms with E-state index in [1.807, 2.05) is 0 Å². The van der Waals surface area contributed by atoms with E-state index in [1.165, 1.54) is 12.3 Å². The topological polar surface area (TPSA) is 46.7 Å². The number of pyridine rings is 1. The Hall–Kier alpha value is -1.64. The third kappa shape index (κ3) is 1.22. The Labute approximate surface area is 78.5 Å². The first kappa shape index (κ1) is 7.98. The van der Waals surface area contributed by atoms with Crippen LogP contribution in [0.3, 0.4) is 0 Å². The minimum absolute atomic E-state index is 0.462. The Bertz CT molecular complexity index is 499. The highest BCUT2D eigenvalue weighted by atomic mass is 35.5. The van der Waals surface area contributed by atoms with Gasteiger partial charge in [0.2, 0.25) is 6.08 Å². The molecule has 0 aromatic carbocycles. The van der Waals surface area contributed by atoms with Gasteiger partial charge in [-0.25, -0.2) is 9.78 Å². The number of fused-ring (bicyclic) bond motifs is 1. The lowest BCUT2D eigenvalue weighted by molar-refractivity contribution is 0.565. The molecule has 0 spiro atoms. The summed E-state index contributed by atoms with van der Waals surface area (Å²) in [5.74, 6) is 0. The van der Waals surface area contributed by atoms with Gasteiger partial charge in [0.05, 0.1) is 6.20 Å². The van der Waals surface area contributed by atoms with E-state index in [2.05, 4.69) is 9.98 Å². The van der Waals surface area contributed by atoms with Crippen LogP contribution in [0.2, 0.25) is 5.15 Å². The van der Waals surface area contributed by atoms with E-state index in [-0.39, 0.29) is 0 Å². The molecule has 0 amide bonds. The molecule has 2 rings (SSSR count). The number of halogens is 1. The van der Waals surface area contributed by atoms with Gasteiger partial charge in [-0.05, 0) is 12.1 Å². The van der Waals surface area contributed by atoms with Crippen molar-refractivity contribution in [2.24, 2.45) is 4.99 Å². The fraction of sp³-hybridized carbons (Fsp3) is 0. The van der Waals surface area contributed by atoms with E-state index < -0.39 is 0 Å². The number of imidazole rings is 1. The highest BCUT2D eigenvalue weighted by Crippen LogP contribution is 2.21. The quantitative estimate of drug-likeness (QED) is 0.513. The molecule has 4 nitrogen and oxygen atoms in total. The number of aromatic nitrogens is 2. The van der Waals surface area contributed by atoms with E-state index in [0.29, 0.717) is 16.5 Å². The second-order valence-corrected chi connectivity index (χ2v) is 2.76. The fourth-order valence-corrected chi connectivity index (χ4v) is 1.29. The molecule has 0 aliphatic carbocycles. The number of aliphatic imine (C=N–C) groups is 1. The Morgan fingerprint density at radius 3 is 3.23 bits per heavy atom. The fourth-order valence-electron chi connectivity index (χ4n) is 1.10. The molecular weight excluding hydrogens is 190 g/mol. The van der Waals surface area contributed by atoms with Crippen LogP contribution in [-0.4, -0.2) is 15.5 Å². The maximum absolute atomic E-state index is 10.1. The summed E-state index contributed by atoms with van der Waals surface area (Å²) in [6.07, 6.45) is 4.71. The van der Waals surface area contributed by atoms with Gasteiger partial charge in [0.15, 0.2) is 5.65 Å². The summed E-state index contributed by atoms with van der Waals surface area (Å²) < 4.78 is 1.64. The molecule has 0 bridgehead atoms. The normalized spacial score (nSPS) is 9.92. The van der Waals surface area contributed by atoms with E-state index in [0.717, 1.165) is 0 Å². The van der Waals surface area contributed by atoms with Crippen LogP contribution in [0.4, 0.5) is 5.69 Å². The number of hydrogen-bond donors (Lipinski definition) is 0. The first-order valence-electron chi connectivity index (χ1n) is 3.52. The van der Waals surface area contributed by atoms with Crippen molar-refractivity contribution < 1.29 is 4.79 Å². The molecule has 0 unspecified atom stereocenters. The van der Waals surface area contributed by atoms with E-state index in [4.69, 9.17) is 11.6 Å². The summed E-state index contributed by atoms with van der Waals surface area (Å²) in [6.45, 7) is 0. The molecule has 2 aromatic rings. The van der Waals surface area contributed by atoms with Crippen LogP contribution in [0.5, 0.6) is 0 Å². The van der Waals surface area contributed by atoms with Crippen molar-refractivity contribution in [1.82, 2.24) is 9.38 Å². The zero-order valence-electron chi connectivity index (χ0n) is 6.44. The third-order valence-corrected chi connectivity index (χ3v) is 1.92. The Balaban J connectivity index is 2.84. The van der Waals surface area contributed by atoms with Gasteiger partial charge in [-0.3, -0.25) is 4.40 Å². The molecule has 2 aromatic heterocycles. The molecule has 0 aliphatic heterocycles. The summed E-state index contributed by atoms with van der Waals surface area (Å²) in [5.41, 5.74) is 1.01. The van der Waals surface area contributed by atoms with Crippen molar-refractivity contribution in [3.05, 3.63) is 29.7 Å². The lowest BCUT2D eigenvalue weighted by Gasteiger charge is -1.95. The number of hydrogen-bond acceptors (Lipinski definition) is 3. The summed E-state index contributed by atoms with van der Waals surface area (Å²) >= 11 is 5.80. The SMILES string of the molecule is O=C=Nc1cccn2c(Cl)cnc12. The summed E-state index contributed by atoms with van der Waals surface area (Å²) in [5, 5.41) is 0.484. The van der Waals surface area contributed by atoms with Gasteiger partial charge in [-0.2, -0.15) is 4.99 Å². The second kappa shape index (κ2) is 3.01. The first-order chi connectivity index (χ1) is 6.33. The molecule has 13 heavy (non-hydrogen) atoms. The van der Waals surface area contributed by atoms with Gasteiger partial charge >= 0.3 is 0 Å². The van der Waals surface area contributed by atoms with Gasteiger partial charge in [0, 0.05) is 6.20 Å². The van der Waals surface area contributed by atoms with Crippen LogP contribution < -0.4 is 0 Å². The molecule has 0 fully saturated rings. The molecule has 0 saturated carbocycles. The van der Waals surface area contributed by atoms with Crippen LogP contribution in [0.15, 0.2) is 29.5 Å². The molecule has 0 atom stereocenters. The van der Waals surface area contributed by atoms with Crippen molar-refractivity contribution >= 4 is 29.0 Å². The molecule has 2 heterocycles. The number of nitrogens with zero attached hydrogens (tertiary/aromatic N) is 3. The third-order valence-electron chi connectivity index (χ3n) is 1.64. The first-order valence-corrected chi connectivity index (χ1v) is 3.90. The zero-order valence-corrected chi connectivity index (χ0v) is 7.19. The van der Waals surface area contributed by atoms with Crippen molar-refractivity contribution in [3.63, 3.8) is 0 Å². The second-order valence-electron chi connectivity index (χ2n) is 2.37. The molecule has 0 saturated heterocycles. The molecule has 0 aliphatic rings. The van der Waals surface area contributed by atoms with E-state index in [9.17, 15) is 4.79 Å². The van der Waals surface area contributed by atoms with Crippen LogP contribution in [0.25, 0.3) is 5.65 Å². The monoisotopic (exact) mass is 193 g/mol. The maximum atomic E-state index is 10.1. The maximum Gasteiger partial charge on any atom is 0.240 e. The smallest absolute Gasteiger partial charge is 0.240 e. The number of carbonyl (C=O) groups excluding carboxylic acids is 1. The van der Waals surface area contributed by atoms with Crippen LogP contribution in [0, 0.1) is 0 Å². The molecular formula is C8H4ClN3O. The predicted octanol–water partition coefficient (Wildman–Crippen LogP) is 1.95. The average Bonchev–Trinajstić information content (AvgIpc) is 2.50. The van der Waals surface area contributed by atoms with Gasteiger partial charge in [-0.1, -0.05) is 11.6 Å². The lowest BCUT2D eigenvalue weighted by Crippen LogP contribution is -1.82. The zero-order chi connectivity index (χ0) is 9.26. The average molecular weight is 194 g/mol. The summed E-state index contributed by atoms with van der Waals surface area (Å²) in [6, 6.07) is 3.40. The van der Waals surface area contributed by atoms with Crippen LogP contribution in [0.1, 0.15) is 0 Å². The highest BCUT2D eigenvalue weighted by molar-refractivity contribution is 6.29. The van der Waals surface area contributed by atoms with Gasteiger partial charge in [-0.15, -0.1) is 0 Å². The van der Waals surface area contributed by atoms with E-state index in [1.54, 1.807) is 22.7 Å². The Morgan fingerprint density at radius 1 is 1.62 bits per heavy atom. The summed E-state index contributed by atoms with van der Waals surface area (Å²) in [4.78, 5) is 17.6. The van der Waals surface area contributed by atoms with Crippen molar-refractivity contribution in [2.75, 3.05) is 0 Å². The highest BCUT2D eigenvalue weighted by Gasteiger charge is 2.03. The lowest BCUT2D eigenvalue weighted by atomic mass is 10.4. The predicted molar refractivity (Wildman–Crippen MR) is 48.0 cm³/mol. The Morgan fingerprint density at radius 2 is 2.46 bits per heavy atom. The molecule has 0 N–H and O–H groups in total. The van der Waals surface area contributed by atoms with Crippen LogP contribution >= 0.6 is 11.6 Å². The summed E-state index contributed by atoms with van der Waals surface area (Å²) in [7, 11) is 0. The van der Waals surface area contributed by atoms with Gasteiger partial charge < -0.3 is 0 Å². The Kier molecular flexibility index (Phi) is 1.85. The van der Waals surface area contributed by atoms with Crippen LogP contribution in [-0.2, 0) is 4.79 Å². The largest absolute Gasteiger partial charge is 0.289 e. The van der Waals surface area contributed by atoms with Crippen molar-refractivity contribution in [1.29, 1.82) is 0 Å². The van der Waals surface area contributed by atoms with Gasteiger partial charge in [0.25, 0.3) is 0 Å². The number of rotatable bonds is 1. The standard InChI is InChI=1S/C8H4ClN3O/c9-7-4-10-8-6(11-5-13)2-1-3-12(7)8/h1-4H. The minimum Gasteiger partial charge on any atom is -0.289 e. The molecule has 64 valence electrons. The molecule has 0 radical (unpaired) electrons. The van der Waals surface area contributed by atoms with Gasteiger partial charge in [0.1, 0.15) is 10.8 Å². The van der Waals surface area contributed by atoms with E-state index >= 15 is 0 Å². The number of isocyanates is 1.